The molecule has 1 aliphatic heterocycles. The first-order chi connectivity index (χ1) is 11.5. The van der Waals surface area contributed by atoms with Gasteiger partial charge in [0.2, 0.25) is 5.91 Å². The number of piperazine rings is 1. The van der Waals surface area contributed by atoms with E-state index in [1.165, 1.54) is 12.5 Å². The fourth-order valence-corrected chi connectivity index (χ4v) is 2.59. The second-order valence-corrected chi connectivity index (χ2v) is 5.76. The summed E-state index contributed by atoms with van der Waals surface area (Å²) in [5, 5.41) is 3.16. The fraction of sp³-hybridized carbons (Fsp3) is 0.375. The highest BCUT2D eigenvalue weighted by atomic mass is 19.1. The van der Waals surface area contributed by atoms with Gasteiger partial charge < -0.3 is 15.1 Å². The number of hydrogen-bond acceptors (Lipinski definition) is 6. The Morgan fingerprint density at radius 1 is 1.33 bits per heavy atom. The molecule has 126 valence electrons. The highest BCUT2D eigenvalue weighted by Crippen LogP contribution is 2.22. The van der Waals surface area contributed by atoms with Crippen molar-refractivity contribution in [2.45, 2.75) is 13.0 Å². The Labute approximate surface area is 139 Å². The van der Waals surface area contributed by atoms with E-state index in [2.05, 4.69) is 20.3 Å². The van der Waals surface area contributed by atoms with Gasteiger partial charge in [0, 0.05) is 38.0 Å². The predicted molar refractivity (Wildman–Crippen MR) is 88.1 cm³/mol. The third kappa shape index (κ3) is 3.42. The van der Waals surface area contributed by atoms with Gasteiger partial charge in [0.25, 0.3) is 0 Å². The molecule has 0 aliphatic carbocycles. The first-order valence-electron chi connectivity index (χ1n) is 7.71. The van der Waals surface area contributed by atoms with E-state index in [0.717, 1.165) is 0 Å². The molecule has 1 fully saturated rings. The Bertz CT molecular complexity index is 740. The average molecular weight is 330 g/mol. The number of amides is 1. The molecule has 24 heavy (non-hydrogen) atoms. The van der Waals surface area contributed by atoms with Crippen molar-refractivity contribution >= 4 is 17.5 Å². The van der Waals surface area contributed by atoms with Crippen LogP contribution in [0.15, 0.2) is 30.9 Å². The molecule has 8 heteroatoms. The number of carbonyl (C=O) groups is 1. The van der Waals surface area contributed by atoms with Crippen LogP contribution < -0.4 is 10.2 Å². The average Bonchev–Trinajstić information content (AvgIpc) is 2.58. The zero-order valence-electron chi connectivity index (χ0n) is 13.6. The number of nitrogens with one attached hydrogen (secondary N) is 1. The molecule has 1 aliphatic rings. The van der Waals surface area contributed by atoms with Crippen molar-refractivity contribution in [2.24, 2.45) is 0 Å². The molecule has 1 N–H and O–H groups in total. The molecule has 0 aromatic carbocycles. The summed E-state index contributed by atoms with van der Waals surface area (Å²) >= 11 is 0. The Kier molecular flexibility index (Phi) is 4.54. The Morgan fingerprint density at radius 2 is 2.17 bits per heavy atom. The van der Waals surface area contributed by atoms with Crippen LogP contribution >= 0.6 is 0 Å². The fourth-order valence-electron chi connectivity index (χ4n) is 2.59. The van der Waals surface area contributed by atoms with Crippen LogP contribution in [0.25, 0.3) is 0 Å². The molecule has 1 saturated heterocycles. The third-order valence-electron chi connectivity index (χ3n) is 4.07. The summed E-state index contributed by atoms with van der Waals surface area (Å²) < 4.78 is 13.8. The van der Waals surface area contributed by atoms with Crippen LogP contribution in [-0.2, 0) is 4.79 Å². The molecule has 0 radical (unpaired) electrons. The number of anilines is 2. The summed E-state index contributed by atoms with van der Waals surface area (Å²) in [5.41, 5.74) is 0.514. The van der Waals surface area contributed by atoms with Crippen molar-refractivity contribution in [3.63, 3.8) is 0 Å². The lowest BCUT2D eigenvalue weighted by Crippen LogP contribution is -2.48. The molecule has 3 heterocycles. The quantitative estimate of drug-likeness (QED) is 0.915. The number of hydrogen-bond donors (Lipinski definition) is 1. The van der Waals surface area contributed by atoms with Crippen molar-refractivity contribution in [3.05, 3.63) is 42.2 Å². The van der Waals surface area contributed by atoms with E-state index in [4.69, 9.17) is 0 Å². The molecule has 1 amide bonds. The van der Waals surface area contributed by atoms with Crippen LogP contribution in [-0.4, -0.2) is 52.4 Å². The minimum absolute atomic E-state index is 0.0570. The third-order valence-corrected chi connectivity index (χ3v) is 4.07. The van der Waals surface area contributed by atoms with Crippen molar-refractivity contribution in [3.8, 4) is 0 Å². The van der Waals surface area contributed by atoms with Crippen LogP contribution in [0.2, 0.25) is 0 Å². The van der Waals surface area contributed by atoms with E-state index < -0.39 is 0 Å². The summed E-state index contributed by atoms with van der Waals surface area (Å²) in [6, 6.07) is 3.13. The van der Waals surface area contributed by atoms with Gasteiger partial charge in [-0.25, -0.2) is 14.4 Å². The predicted octanol–water partition coefficient (Wildman–Crippen LogP) is 1.46. The van der Waals surface area contributed by atoms with E-state index in [9.17, 15) is 9.18 Å². The Balaban J connectivity index is 1.74. The number of carbonyl (C=O) groups excluding carboxylic acids is 1. The normalized spacial score (nSPS) is 16.2. The molecular formula is C16H19FN6O. The van der Waals surface area contributed by atoms with Crippen LogP contribution in [0.3, 0.4) is 0 Å². The molecule has 2 aromatic rings. The molecular weight excluding hydrogens is 311 g/mol. The first kappa shape index (κ1) is 16.1. The van der Waals surface area contributed by atoms with E-state index in [1.807, 2.05) is 11.8 Å². The first-order valence-corrected chi connectivity index (χ1v) is 7.71. The molecule has 1 atom stereocenters. The molecule has 0 bridgehead atoms. The van der Waals surface area contributed by atoms with Gasteiger partial charge in [0.1, 0.15) is 23.8 Å². The largest absolute Gasteiger partial charge is 0.363 e. The lowest BCUT2D eigenvalue weighted by Gasteiger charge is -2.32. The molecule has 7 nitrogen and oxygen atoms in total. The van der Waals surface area contributed by atoms with Gasteiger partial charge in [-0.15, -0.1) is 0 Å². The smallest absolute Gasteiger partial charge is 0.241 e. The molecule has 0 saturated carbocycles. The zero-order valence-corrected chi connectivity index (χ0v) is 13.6. The van der Waals surface area contributed by atoms with Gasteiger partial charge in [0.05, 0.1) is 18.8 Å². The lowest BCUT2D eigenvalue weighted by molar-refractivity contribution is -0.129. The number of rotatable bonds is 4. The summed E-state index contributed by atoms with van der Waals surface area (Å²) in [7, 11) is 1.79. The van der Waals surface area contributed by atoms with Gasteiger partial charge in [-0.2, -0.15) is 0 Å². The minimum Gasteiger partial charge on any atom is -0.363 e. The topological polar surface area (TPSA) is 74.2 Å². The second-order valence-electron chi connectivity index (χ2n) is 5.76. The van der Waals surface area contributed by atoms with Gasteiger partial charge in [0.15, 0.2) is 0 Å². The van der Waals surface area contributed by atoms with Crippen molar-refractivity contribution < 1.29 is 9.18 Å². The highest BCUT2D eigenvalue weighted by molar-refractivity contribution is 5.82. The van der Waals surface area contributed by atoms with Gasteiger partial charge in [-0.1, -0.05) is 0 Å². The summed E-state index contributed by atoms with van der Waals surface area (Å²) in [5.74, 6) is 0.949. The second kappa shape index (κ2) is 6.77. The molecule has 1 unspecified atom stereocenters. The number of aromatic nitrogens is 3. The molecule has 3 rings (SSSR count). The number of nitrogens with zero attached hydrogens (tertiary/aromatic N) is 5. The minimum atomic E-state index is -0.364. The van der Waals surface area contributed by atoms with E-state index >= 15 is 0 Å². The monoisotopic (exact) mass is 330 g/mol. The SMILES string of the molecule is CC(Nc1cc(N2CCN(C)C(=O)C2)ncn1)c1ccncc1F. The Hall–Kier alpha value is -2.77. The maximum absolute atomic E-state index is 13.8. The van der Waals surface area contributed by atoms with E-state index in [0.29, 0.717) is 36.8 Å². The molecule has 2 aromatic heterocycles. The van der Waals surface area contributed by atoms with Gasteiger partial charge in [-0.3, -0.25) is 9.78 Å². The van der Waals surface area contributed by atoms with Crippen LogP contribution in [0.5, 0.6) is 0 Å². The molecule has 0 spiro atoms. The lowest BCUT2D eigenvalue weighted by atomic mass is 10.1. The van der Waals surface area contributed by atoms with Crippen molar-refractivity contribution in [2.75, 3.05) is 36.9 Å². The van der Waals surface area contributed by atoms with Gasteiger partial charge >= 0.3 is 0 Å². The van der Waals surface area contributed by atoms with E-state index in [-0.39, 0.29) is 17.8 Å². The summed E-state index contributed by atoms with van der Waals surface area (Å²) in [6.45, 7) is 3.51. The van der Waals surface area contributed by atoms with Crippen LogP contribution in [0.4, 0.5) is 16.0 Å². The number of likely N-dealkylation sites (N-methyl/N-ethyl adjacent to an activating group) is 1. The maximum atomic E-state index is 13.8. The summed E-state index contributed by atoms with van der Waals surface area (Å²) in [4.78, 5) is 27.6. The highest BCUT2D eigenvalue weighted by Gasteiger charge is 2.22. The maximum Gasteiger partial charge on any atom is 0.241 e. The number of pyridine rings is 1. The Morgan fingerprint density at radius 3 is 2.92 bits per heavy atom. The van der Waals surface area contributed by atoms with Gasteiger partial charge in [-0.05, 0) is 13.0 Å². The summed E-state index contributed by atoms with van der Waals surface area (Å²) in [6.07, 6.45) is 4.18. The van der Waals surface area contributed by atoms with Crippen molar-refractivity contribution in [1.82, 2.24) is 19.9 Å². The van der Waals surface area contributed by atoms with Crippen molar-refractivity contribution in [1.29, 1.82) is 0 Å². The standard InChI is InChI=1S/C16H19FN6O/c1-11(12-3-4-18-8-13(12)17)21-14-7-15(20-10-19-14)23-6-5-22(2)16(24)9-23/h3-4,7-8,10-11H,5-6,9H2,1-2H3,(H,19,20,21). The van der Waals surface area contributed by atoms with Crippen LogP contribution in [0, 0.1) is 5.82 Å². The number of halogens is 1. The van der Waals surface area contributed by atoms with Crippen LogP contribution in [0.1, 0.15) is 18.5 Å². The van der Waals surface area contributed by atoms with E-state index in [1.54, 1.807) is 30.3 Å². The zero-order chi connectivity index (χ0) is 17.1.